The monoisotopic (exact) mass is 271 g/mol. The molecule has 0 saturated heterocycles. The van der Waals surface area contributed by atoms with Gasteiger partial charge in [0.1, 0.15) is 0 Å². The molecule has 0 heterocycles. The van der Waals surface area contributed by atoms with Crippen LogP contribution in [0.3, 0.4) is 0 Å². The van der Waals surface area contributed by atoms with E-state index in [1.165, 1.54) is 0 Å². The van der Waals surface area contributed by atoms with Crippen molar-refractivity contribution in [3.8, 4) is 0 Å². The summed E-state index contributed by atoms with van der Waals surface area (Å²) in [4.78, 5) is 9.97. The summed E-state index contributed by atoms with van der Waals surface area (Å²) in [5, 5.41) is 2.05. The van der Waals surface area contributed by atoms with E-state index < -0.39 is 16.3 Å². The molecule has 0 aromatic heterocycles. The summed E-state index contributed by atoms with van der Waals surface area (Å²) < 4.78 is 41.9. The lowest BCUT2D eigenvalue weighted by atomic mass is 10.3. The van der Waals surface area contributed by atoms with Crippen LogP contribution in [0.15, 0.2) is 0 Å². The maximum atomic E-state index is 11.8. The summed E-state index contributed by atoms with van der Waals surface area (Å²) in [6.45, 7) is 1.53. The first-order valence-corrected chi connectivity index (χ1v) is 6.94. The lowest BCUT2D eigenvalue weighted by Crippen LogP contribution is -2.42. The minimum atomic E-state index is -3.90. The Morgan fingerprint density at radius 2 is 1.82 bits per heavy atom. The Morgan fingerprint density at radius 3 is 2.29 bits per heavy atom. The van der Waals surface area contributed by atoms with Crippen molar-refractivity contribution in [3.63, 3.8) is 0 Å². The number of nitrogens with zero attached hydrogens (tertiary/aromatic N) is 1. The van der Waals surface area contributed by atoms with Gasteiger partial charge in [0.2, 0.25) is 0 Å². The first-order chi connectivity index (χ1) is 7.62. The van der Waals surface area contributed by atoms with E-state index in [0.29, 0.717) is 30.4 Å². The van der Waals surface area contributed by atoms with E-state index in [0.717, 1.165) is 0 Å². The minimum Gasteiger partial charge on any atom is -0.328 e. The van der Waals surface area contributed by atoms with Gasteiger partial charge in [-0.3, -0.25) is 4.55 Å². The highest BCUT2D eigenvalue weighted by Crippen LogP contribution is 2.02. The molecule has 0 unspecified atom stereocenters. The van der Waals surface area contributed by atoms with Crippen molar-refractivity contribution < 1.29 is 26.6 Å². The number of hydrogen-bond acceptors (Lipinski definition) is 3. The highest BCUT2D eigenvalue weighted by atomic mass is 32.2. The van der Waals surface area contributed by atoms with Gasteiger partial charge in [0.05, 0.1) is 32.9 Å². The highest BCUT2D eigenvalue weighted by molar-refractivity contribution is 7.85. The van der Waals surface area contributed by atoms with Gasteiger partial charge >= 0.3 is 6.16 Å². The van der Waals surface area contributed by atoms with Gasteiger partial charge < -0.3 is 9.80 Å². The predicted molar refractivity (Wildman–Crippen MR) is 62.0 cm³/mol. The molecular formula is C9H20FN2O4S+. The normalized spacial score (nSPS) is 12.5. The third-order valence-corrected chi connectivity index (χ3v) is 3.17. The van der Waals surface area contributed by atoms with Crippen molar-refractivity contribution in [1.29, 1.82) is 0 Å². The number of amides is 1. The van der Waals surface area contributed by atoms with Crippen molar-refractivity contribution in [2.45, 2.75) is 12.8 Å². The zero-order chi connectivity index (χ0) is 13.5. The number of quaternary nitrogens is 1. The fraction of sp³-hybridized carbons (Fsp3) is 0.889. The van der Waals surface area contributed by atoms with E-state index in [4.69, 9.17) is 4.55 Å². The maximum Gasteiger partial charge on any atom is 0.397 e. The number of carbonyl (C=O) groups is 1. The van der Waals surface area contributed by atoms with Gasteiger partial charge in [-0.25, -0.2) is 4.79 Å². The second-order valence-corrected chi connectivity index (χ2v) is 6.15. The smallest absolute Gasteiger partial charge is 0.328 e. The van der Waals surface area contributed by atoms with Crippen LogP contribution in [-0.4, -0.2) is 63.1 Å². The lowest BCUT2D eigenvalue weighted by Gasteiger charge is -2.29. The quantitative estimate of drug-likeness (QED) is 0.220. The Hall–Kier alpha value is -0.730. The van der Waals surface area contributed by atoms with Crippen LogP contribution < -0.4 is 5.32 Å². The van der Waals surface area contributed by atoms with Crippen molar-refractivity contribution in [3.05, 3.63) is 0 Å². The second kappa shape index (κ2) is 6.87. The van der Waals surface area contributed by atoms with E-state index in [2.05, 4.69) is 0 Å². The van der Waals surface area contributed by atoms with Crippen LogP contribution in [0.25, 0.3) is 0 Å². The zero-order valence-electron chi connectivity index (χ0n) is 10.1. The molecule has 17 heavy (non-hydrogen) atoms. The van der Waals surface area contributed by atoms with Crippen LogP contribution in [0.4, 0.5) is 9.18 Å². The van der Waals surface area contributed by atoms with Crippen LogP contribution in [-0.2, 0) is 10.1 Å². The summed E-state index contributed by atoms with van der Waals surface area (Å²) in [7, 11) is -0.0915. The van der Waals surface area contributed by atoms with Crippen LogP contribution in [0.5, 0.6) is 0 Å². The molecule has 0 saturated carbocycles. The highest BCUT2D eigenvalue weighted by Gasteiger charge is 2.16. The number of halogens is 1. The largest absolute Gasteiger partial charge is 0.397 e. The summed E-state index contributed by atoms with van der Waals surface area (Å²) in [5.74, 6) is -0.254. The Morgan fingerprint density at radius 1 is 1.29 bits per heavy atom. The van der Waals surface area contributed by atoms with E-state index >= 15 is 0 Å². The number of rotatable bonds is 8. The molecule has 0 aliphatic rings. The van der Waals surface area contributed by atoms with Gasteiger partial charge in [0.25, 0.3) is 10.1 Å². The average molecular weight is 271 g/mol. The van der Waals surface area contributed by atoms with Gasteiger partial charge in [0.15, 0.2) is 0 Å². The molecule has 102 valence electrons. The third-order valence-electron chi connectivity index (χ3n) is 2.37. The van der Waals surface area contributed by atoms with E-state index in [-0.39, 0.29) is 12.3 Å². The number of carbonyl (C=O) groups excluding carboxylic acids is 1. The molecule has 0 aromatic rings. The van der Waals surface area contributed by atoms with Crippen molar-refractivity contribution in [2.75, 3.05) is 39.5 Å². The molecule has 0 spiro atoms. The van der Waals surface area contributed by atoms with Gasteiger partial charge in [-0.1, -0.05) is 0 Å². The molecule has 1 amide bonds. The van der Waals surface area contributed by atoms with Gasteiger partial charge in [0, 0.05) is 19.4 Å². The second-order valence-electron chi connectivity index (χ2n) is 4.58. The van der Waals surface area contributed by atoms with E-state index in [9.17, 15) is 17.6 Å². The Balaban J connectivity index is 3.76. The van der Waals surface area contributed by atoms with Crippen molar-refractivity contribution >= 4 is 16.3 Å². The fourth-order valence-corrected chi connectivity index (χ4v) is 1.97. The zero-order valence-corrected chi connectivity index (χ0v) is 11.0. The molecule has 0 aliphatic heterocycles. The van der Waals surface area contributed by atoms with Gasteiger partial charge in [-0.2, -0.15) is 8.42 Å². The first-order valence-electron chi connectivity index (χ1n) is 5.33. The molecule has 0 fully saturated rings. The van der Waals surface area contributed by atoms with E-state index in [1.54, 1.807) is 0 Å². The minimum absolute atomic E-state index is 0.254. The topological polar surface area (TPSA) is 83.5 Å². The summed E-state index contributed by atoms with van der Waals surface area (Å²) in [5.41, 5.74) is 0. The molecular weight excluding hydrogens is 251 g/mol. The van der Waals surface area contributed by atoms with Crippen LogP contribution >= 0.6 is 0 Å². The Labute approximate surface area is 101 Å². The maximum absolute atomic E-state index is 11.8. The summed E-state index contributed by atoms with van der Waals surface area (Å²) in [6, 6.07) is 0. The van der Waals surface area contributed by atoms with Crippen LogP contribution in [0.1, 0.15) is 12.8 Å². The standard InChI is InChI=1S/C9H19FN2O4S/c1-12(2,6-3-5-11-9(10)13)7-4-8-17(14,15)16/h3-8H2,1-2H3,(H-,11,13,14,15,16)/p+1. The summed E-state index contributed by atoms with van der Waals surface area (Å²) in [6.07, 6.45) is -0.572. The first kappa shape index (κ1) is 16.3. The third kappa shape index (κ3) is 11.5. The molecule has 0 radical (unpaired) electrons. The van der Waals surface area contributed by atoms with E-state index in [1.807, 2.05) is 19.4 Å². The molecule has 8 heteroatoms. The number of hydrogen-bond donors (Lipinski definition) is 2. The lowest BCUT2D eigenvalue weighted by molar-refractivity contribution is -0.890. The molecule has 2 N–H and O–H groups in total. The SMILES string of the molecule is C[N+](C)(CCCNC(=O)F)CCCS(=O)(=O)O. The van der Waals surface area contributed by atoms with Crippen molar-refractivity contribution in [1.82, 2.24) is 5.32 Å². The molecule has 0 rings (SSSR count). The predicted octanol–water partition coefficient (Wildman–Crippen LogP) is 0.410. The summed E-state index contributed by atoms with van der Waals surface area (Å²) >= 11 is 0. The van der Waals surface area contributed by atoms with Crippen LogP contribution in [0, 0.1) is 0 Å². The molecule has 0 bridgehead atoms. The molecule has 6 nitrogen and oxygen atoms in total. The fourth-order valence-electron chi connectivity index (χ4n) is 1.48. The van der Waals surface area contributed by atoms with Gasteiger partial charge in [-0.05, 0) is 0 Å². The Bertz CT molecular complexity index is 343. The van der Waals surface area contributed by atoms with Crippen LogP contribution in [0.2, 0.25) is 0 Å². The molecule has 0 aliphatic carbocycles. The molecule has 0 aromatic carbocycles. The van der Waals surface area contributed by atoms with Crippen molar-refractivity contribution in [2.24, 2.45) is 0 Å². The molecule has 0 atom stereocenters. The average Bonchev–Trinajstić information content (AvgIpc) is 2.09. The number of nitrogens with one attached hydrogen (secondary N) is 1. The van der Waals surface area contributed by atoms with Gasteiger partial charge in [-0.15, -0.1) is 4.39 Å². The Kier molecular flexibility index (Phi) is 6.58.